The Balaban J connectivity index is 1.28. The third-order valence-corrected chi connectivity index (χ3v) is 7.41. The summed E-state index contributed by atoms with van der Waals surface area (Å²) < 4.78 is 11.4. The number of carbonyl (C=O) groups is 1. The Kier molecular flexibility index (Phi) is 8.25. The first-order valence-corrected chi connectivity index (χ1v) is 13.8. The highest BCUT2D eigenvalue weighted by molar-refractivity contribution is 6.33. The van der Waals surface area contributed by atoms with Crippen molar-refractivity contribution in [3.8, 4) is 23.0 Å². The molecule has 10 heteroatoms. The second kappa shape index (κ2) is 11.8. The minimum Gasteiger partial charge on any atom is -0.426 e. The number of aromatic amines is 1. The van der Waals surface area contributed by atoms with Crippen LogP contribution in [0.1, 0.15) is 19.4 Å². The molecular formula is C30H35ClN6O3. The van der Waals surface area contributed by atoms with Crippen LogP contribution in [0.25, 0.3) is 22.4 Å². The maximum absolute atomic E-state index is 12.8. The molecule has 40 heavy (non-hydrogen) atoms. The largest absolute Gasteiger partial charge is 0.426 e. The molecule has 0 radical (unpaired) electrons. The molecule has 0 atom stereocenters. The van der Waals surface area contributed by atoms with Crippen LogP contribution in [0.5, 0.6) is 11.8 Å². The number of fused-ring (bicyclic) bond motifs is 1. The Morgan fingerprint density at radius 3 is 2.48 bits per heavy atom. The number of anilines is 1. The van der Waals surface area contributed by atoms with Crippen LogP contribution < -0.4 is 15.0 Å². The topological polar surface area (TPSA) is 95.6 Å². The van der Waals surface area contributed by atoms with E-state index in [4.69, 9.17) is 26.1 Å². The molecule has 2 N–H and O–H groups in total. The summed E-state index contributed by atoms with van der Waals surface area (Å²) in [6, 6.07) is 17.8. The van der Waals surface area contributed by atoms with Gasteiger partial charge in [-0.15, -0.1) is 0 Å². The van der Waals surface area contributed by atoms with E-state index < -0.39 is 5.41 Å². The van der Waals surface area contributed by atoms with Crippen LogP contribution in [0.2, 0.25) is 5.02 Å². The van der Waals surface area contributed by atoms with Gasteiger partial charge in [-0.3, -0.25) is 4.79 Å². The number of imidazole rings is 1. The number of likely N-dealkylation sites (N-methyl/N-ethyl adjacent to an activating group) is 1. The van der Waals surface area contributed by atoms with Gasteiger partial charge in [-0.1, -0.05) is 35.9 Å². The number of halogens is 1. The Morgan fingerprint density at radius 2 is 1.80 bits per heavy atom. The molecule has 0 spiro atoms. The summed E-state index contributed by atoms with van der Waals surface area (Å²) in [5, 5.41) is 3.53. The first kappa shape index (κ1) is 27.9. The average molecular weight is 563 g/mol. The number of carbonyl (C=O) groups excluding carboxylic acids is 1. The summed E-state index contributed by atoms with van der Waals surface area (Å²) in [6.45, 7) is 8.46. The fourth-order valence-corrected chi connectivity index (χ4v) is 4.86. The van der Waals surface area contributed by atoms with E-state index >= 15 is 0 Å². The molecule has 1 aliphatic heterocycles. The zero-order valence-corrected chi connectivity index (χ0v) is 24.1. The zero-order chi connectivity index (χ0) is 28.3. The number of nitrogens with one attached hydrogen (secondary N) is 2. The smallest absolute Gasteiger partial charge is 0.301 e. The number of hydrogen-bond donors (Lipinski definition) is 2. The minimum absolute atomic E-state index is 0.0187. The van der Waals surface area contributed by atoms with E-state index in [2.05, 4.69) is 32.3 Å². The molecule has 2 aromatic heterocycles. The molecule has 1 aliphatic rings. The number of H-pyrrole nitrogens is 1. The van der Waals surface area contributed by atoms with Crippen LogP contribution in [-0.2, 0) is 14.9 Å². The van der Waals surface area contributed by atoms with Crippen molar-refractivity contribution in [2.75, 3.05) is 58.4 Å². The summed E-state index contributed by atoms with van der Waals surface area (Å²) in [7, 11) is 3.96. The molecule has 1 saturated heterocycles. The molecule has 5 rings (SSSR count). The van der Waals surface area contributed by atoms with E-state index in [-0.39, 0.29) is 5.91 Å². The summed E-state index contributed by atoms with van der Waals surface area (Å²) in [4.78, 5) is 29.5. The molecular weight excluding hydrogens is 528 g/mol. The number of ether oxygens (including phenoxy) is 2. The van der Waals surface area contributed by atoms with E-state index in [1.165, 1.54) is 0 Å². The zero-order valence-electron chi connectivity index (χ0n) is 23.3. The van der Waals surface area contributed by atoms with Crippen LogP contribution in [0.15, 0.2) is 54.6 Å². The lowest BCUT2D eigenvalue weighted by atomic mass is 9.83. The molecule has 1 fully saturated rings. The van der Waals surface area contributed by atoms with Gasteiger partial charge in [0.15, 0.2) is 5.65 Å². The number of rotatable bonds is 9. The van der Waals surface area contributed by atoms with E-state index in [0.717, 1.165) is 49.7 Å². The van der Waals surface area contributed by atoms with E-state index in [1.54, 1.807) is 0 Å². The molecule has 0 aliphatic carbocycles. The van der Waals surface area contributed by atoms with Gasteiger partial charge >= 0.3 is 6.01 Å². The van der Waals surface area contributed by atoms with Crippen molar-refractivity contribution in [1.82, 2.24) is 25.2 Å². The monoisotopic (exact) mass is 562 g/mol. The quantitative estimate of drug-likeness (QED) is 0.301. The van der Waals surface area contributed by atoms with Crippen molar-refractivity contribution in [3.63, 3.8) is 0 Å². The van der Waals surface area contributed by atoms with Gasteiger partial charge in [-0.25, -0.2) is 4.98 Å². The minimum atomic E-state index is -0.679. The standard InChI is InChI=1S/C30H35ClN6O3/c1-30(2,28(38)32-13-14-36(3)4)21-7-11-23(12-8-21)40-29-33-25-19-24(31)26(34-27(25)35-29)20-5-9-22(10-6-20)37-15-17-39-18-16-37/h5-12,19H,13-18H2,1-4H3,(H,32,38)(H,33,34,35). The van der Waals surface area contributed by atoms with Gasteiger partial charge in [0.05, 0.1) is 34.9 Å². The van der Waals surface area contributed by atoms with Crippen LogP contribution in [0.4, 0.5) is 5.69 Å². The van der Waals surface area contributed by atoms with Gasteiger partial charge in [-0.2, -0.15) is 4.98 Å². The highest BCUT2D eigenvalue weighted by Gasteiger charge is 2.29. The van der Waals surface area contributed by atoms with Crippen LogP contribution >= 0.6 is 11.6 Å². The summed E-state index contributed by atoms with van der Waals surface area (Å²) in [5.74, 6) is 0.575. The SMILES string of the molecule is CN(C)CCNC(=O)C(C)(C)c1ccc(Oc2nc3nc(-c4ccc(N5CCOCC5)cc4)c(Cl)cc3[nH]2)cc1. The first-order valence-electron chi connectivity index (χ1n) is 13.4. The number of pyridine rings is 1. The van der Waals surface area contributed by atoms with Gasteiger partial charge in [-0.05, 0) is 63.8 Å². The molecule has 4 aromatic rings. The number of nitrogens with zero attached hydrogens (tertiary/aromatic N) is 4. The normalized spacial score (nSPS) is 14.1. The second-order valence-corrected chi connectivity index (χ2v) is 11.1. The Morgan fingerprint density at radius 1 is 1.10 bits per heavy atom. The molecule has 0 bridgehead atoms. The van der Waals surface area contributed by atoms with Crippen LogP contribution in [0, 0.1) is 0 Å². The predicted octanol–water partition coefficient (Wildman–Crippen LogP) is 4.86. The highest BCUT2D eigenvalue weighted by atomic mass is 35.5. The lowest BCUT2D eigenvalue weighted by Crippen LogP contribution is -2.42. The molecule has 3 heterocycles. The number of morpholine rings is 1. The predicted molar refractivity (Wildman–Crippen MR) is 158 cm³/mol. The van der Waals surface area contributed by atoms with Gasteiger partial charge in [0.2, 0.25) is 5.91 Å². The highest BCUT2D eigenvalue weighted by Crippen LogP contribution is 2.32. The molecule has 1 amide bonds. The lowest BCUT2D eigenvalue weighted by Gasteiger charge is -2.28. The van der Waals surface area contributed by atoms with Crippen molar-refractivity contribution in [3.05, 3.63) is 65.2 Å². The Labute approximate surface area is 239 Å². The summed E-state index contributed by atoms with van der Waals surface area (Å²) in [5.41, 5.74) is 4.14. The average Bonchev–Trinajstić information content (AvgIpc) is 3.34. The van der Waals surface area contributed by atoms with Gasteiger partial charge in [0.25, 0.3) is 0 Å². The maximum Gasteiger partial charge on any atom is 0.301 e. The summed E-state index contributed by atoms with van der Waals surface area (Å²) >= 11 is 6.62. The molecule has 9 nitrogen and oxygen atoms in total. The van der Waals surface area contributed by atoms with Crippen molar-refractivity contribution in [1.29, 1.82) is 0 Å². The van der Waals surface area contributed by atoms with Gasteiger partial charge in [0, 0.05) is 37.4 Å². The van der Waals surface area contributed by atoms with E-state index in [1.807, 2.05) is 75.3 Å². The Hall–Kier alpha value is -3.66. The van der Waals surface area contributed by atoms with Gasteiger partial charge in [0.1, 0.15) is 5.75 Å². The van der Waals surface area contributed by atoms with Crippen molar-refractivity contribution in [2.45, 2.75) is 19.3 Å². The third-order valence-electron chi connectivity index (χ3n) is 7.12. The third kappa shape index (κ3) is 6.22. The van der Waals surface area contributed by atoms with Crippen molar-refractivity contribution < 1.29 is 14.3 Å². The Bertz CT molecular complexity index is 1460. The fraction of sp³-hybridized carbons (Fsp3) is 0.367. The second-order valence-electron chi connectivity index (χ2n) is 10.7. The number of benzene rings is 2. The fourth-order valence-electron chi connectivity index (χ4n) is 4.59. The number of aromatic nitrogens is 3. The van der Waals surface area contributed by atoms with E-state index in [9.17, 15) is 4.79 Å². The maximum atomic E-state index is 12.8. The van der Waals surface area contributed by atoms with E-state index in [0.29, 0.717) is 40.2 Å². The molecule has 0 saturated carbocycles. The van der Waals surface area contributed by atoms with Crippen molar-refractivity contribution >= 4 is 34.4 Å². The van der Waals surface area contributed by atoms with Crippen LogP contribution in [0.3, 0.4) is 0 Å². The summed E-state index contributed by atoms with van der Waals surface area (Å²) in [6.07, 6.45) is 0. The van der Waals surface area contributed by atoms with Gasteiger partial charge < -0.3 is 29.6 Å². The first-order chi connectivity index (χ1) is 19.2. The number of hydrogen-bond acceptors (Lipinski definition) is 7. The lowest BCUT2D eigenvalue weighted by molar-refractivity contribution is -0.125. The van der Waals surface area contributed by atoms with Crippen molar-refractivity contribution in [2.24, 2.45) is 0 Å². The molecule has 2 aromatic carbocycles. The molecule has 210 valence electrons. The van der Waals surface area contributed by atoms with Crippen LogP contribution in [-0.4, -0.2) is 79.2 Å². The number of amides is 1. The molecule has 0 unspecified atom stereocenters.